The average Bonchev–Trinajstić information content (AvgIpc) is 2.77. The van der Waals surface area contributed by atoms with Gasteiger partial charge in [-0.3, -0.25) is 9.59 Å². The van der Waals surface area contributed by atoms with Crippen LogP contribution in [0.5, 0.6) is 0 Å². The predicted molar refractivity (Wildman–Crippen MR) is 119 cm³/mol. The molecule has 0 bridgehead atoms. The van der Waals surface area contributed by atoms with Gasteiger partial charge in [-0.05, 0) is 18.4 Å². The maximum Gasteiger partial charge on any atom is 0.303 e. The number of aliphatic carboxylic acids is 1. The Kier molecular flexibility index (Phi) is 7.95. The first-order valence-corrected chi connectivity index (χ1v) is 10.6. The predicted octanol–water partition coefficient (Wildman–Crippen LogP) is 5.39. The van der Waals surface area contributed by atoms with Gasteiger partial charge in [-0.25, -0.2) is 4.68 Å². The van der Waals surface area contributed by atoms with E-state index in [1.165, 1.54) is 0 Å². The van der Waals surface area contributed by atoms with E-state index in [9.17, 15) is 9.59 Å². The highest BCUT2D eigenvalue weighted by Crippen LogP contribution is 2.28. The molecule has 3 aromatic rings. The van der Waals surface area contributed by atoms with Gasteiger partial charge >= 0.3 is 5.97 Å². The molecule has 0 aliphatic rings. The minimum Gasteiger partial charge on any atom is -0.481 e. The maximum atomic E-state index is 12.7. The minimum atomic E-state index is -0.728. The van der Waals surface area contributed by atoms with Crippen molar-refractivity contribution in [2.45, 2.75) is 51.5 Å². The van der Waals surface area contributed by atoms with Gasteiger partial charge in [-0.15, -0.1) is 0 Å². The van der Waals surface area contributed by atoms with Crippen LogP contribution in [0.25, 0.3) is 22.4 Å². The first-order chi connectivity index (χ1) is 14.6. The molecule has 30 heavy (non-hydrogen) atoms. The molecule has 156 valence electrons. The van der Waals surface area contributed by atoms with Crippen LogP contribution in [0.1, 0.15) is 44.9 Å². The van der Waals surface area contributed by atoms with Gasteiger partial charge in [0.25, 0.3) is 5.56 Å². The van der Waals surface area contributed by atoms with E-state index in [0.717, 1.165) is 60.9 Å². The zero-order valence-electron chi connectivity index (χ0n) is 17.2. The van der Waals surface area contributed by atoms with Crippen LogP contribution in [-0.4, -0.2) is 20.9 Å². The van der Waals surface area contributed by atoms with Crippen molar-refractivity contribution < 1.29 is 9.90 Å². The molecule has 0 fully saturated rings. The zero-order valence-corrected chi connectivity index (χ0v) is 17.2. The second-order valence-corrected chi connectivity index (χ2v) is 7.47. The van der Waals surface area contributed by atoms with Crippen molar-refractivity contribution in [3.8, 4) is 22.4 Å². The fraction of sp³-hybridized carbons (Fsp3) is 0.320. The van der Waals surface area contributed by atoms with Crippen LogP contribution >= 0.6 is 0 Å². The van der Waals surface area contributed by atoms with Crippen LogP contribution in [0, 0.1) is 0 Å². The highest BCUT2D eigenvalue weighted by molar-refractivity contribution is 5.80. The maximum absolute atomic E-state index is 12.7. The Labute approximate surface area is 177 Å². The van der Waals surface area contributed by atoms with E-state index in [2.05, 4.69) is 0 Å². The second-order valence-electron chi connectivity index (χ2n) is 7.47. The van der Waals surface area contributed by atoms with E-state index in [-0.39, 0.29) is 12.0 Å². The molecule has 0 saturated heterocycles. The van der Waals surface area contributed by atoms with Crippen molar-refractivity contribution in [3.05, 3.63) is 77.1 Å². The van der Waals surface area contributed by atoms with Crippen LogP contribution < -0.4 is 5.56 Å². The number of unbranched alkanes of at least 4 members (excludes halogenated alkanes) is 5. The summed E-state index contributed by atoms with van der Waals surface area (Å²) in [7, 11) is 0. The number of aromatic nitrogens is 2. The standard InChI is InChI=1S/C25H28N2O3/c28-23-19-22(20-13-7-5-8-14-20)25(21-15-9-6-10-16-21)26-27(23)18-12-4-2-1-3-11-17-24(29)30/h5-10,13-16,19H,1-4,11-12,17-18H2,(H,29,30). The van der Waals surface area contributed by atoms with Crippen molar-refractivity contribution in [2.75, 3.05) is 0 Å². The van der Waals surface area contributed by atoms with Crippen molar-refractivity contribution in [3.63, 3.8) is 0 Å². The first-order valence-electron chi connectivity index (χ1n) is 10.6. The number of hydrogen-bond acceptors (Lipinski definition) is 3. The molecule has 0 saturated carbocycles. The second kappa shape index (κ2) is 11.1. The van der Waals surface area contributed by atoms with Gasteiger partial charge in [0.1, 0.15) is 0 Å². The monoisotopic (exact) mass is 404 g/mol. The fourth-order valence-corrected chi connectivity index (χ4v) is 3.54. The van der Waals surface area contributed by atoms with Crippen molar-refractivity contribution >= 4 is 5.97 Å². The molecule has 5 heteroatoms. The molecule has 0 radical (unpaired) electrons. The summed E-state index contributed by atoms with van der Waals surface area (Å²) in [5.74, 6) is -0.728. The molecule has 1 N–H and O–H groups in total. The number of carbonyl (C=O) groups is 1. The van der Waals surface area contributed by atoms with E-state index in [1.807, 2.05) is 60.7 Å². The van der Waals surface area contributed by atoms with Crippen molar-refractivity contribution in [1.82, 2.24) is 9.78 Å². The summed E-state index contributed by atoms with van der Waals surface area (Å²) in [5.41, 5.74) is 3.55. The molecule has 5 nitrogen and oxygen atoms in total. The number of hydrogen-bond donors (Lipinski definition) is 1. The number of carboxylic acids is 1. The number of carboxylic acid groups (broad SMARTS) is 1. The summed E-state index contributed by atoms with van der Waals surface area (Å²) in [5, 5.41) is 13.4. The molecule has 1 aromatic heterocycles. The summed E-state index contributed by atoms with van der Waals surface area (Å²) < 4.78 is 1.57. The van der Waals surface area contributed by atoms with Crippen LogP contribution in [-0.2, 0) is 11.3 Å². The Morgan fingerprint density at radius 1 is 0.800 bits per heavy atom. The summed E-state index contributed by atoms with van der Waals surface area (Å²) in [6, 6.07) is 21.5. The summed E-state index contributed by atoms with van der Waals surface area (Å²) in [6.07, 6.45) is 5.87. The number of nitrogens with zero attached hydrogens (tertiary/aromatic N) is 2. The Morgan fingerprint density at radius 2 is 1.37 bits per heavy atom. The van der Waals surface area contributed by atoms with Gasteiger partial charge in [-0.2, -0.15) is 5.10 Å². The average molecular weight is 405 g/mol. The minimum absolute atomic E-state index is 0.0880. The largest absolute Gasteiger partial charge is 0.481 e. The van der Waals surface area contributed by atoms with Crippen LogP contribution in [0.3, 0.4) is 0 Å². The van der Waals surface area contributed by atoms with E-state index >= 15 is 0 Å². The van der Waals surface area contributed by atoms with E-state index in [1.54, 1.807) is 10.7 Å². The molecule has 0 aliphatic heterocycles. The lowest BCUT2D eigenvalue weighted by atomic mass is 10.0. The molecule has 0 atom stereocenters. The van der Waals surface area contributed by atoms with E-state index in [4.69, 9.17) is 10.2 Å². The Bertz CT molecular complexity index is 998. The lowest BCUT2D eigenvalue weighted by Crippen LogP contribution is -2.23. The highest BCUT2D eigenvalue weighted by atomic mass is 16.4. The third-order valence-electron chi connectivity index (χ3n) is 5.14. The molecular formula is C25H28N2O3. The van der Waals surface area contributed by atoms with Gasteiger partial charge in [0.15, 0.2) is 0 Å². The molecular weight excluding hydrogens is 376 g/mol. The molecule has 1 heterocycles. The van der Waals surface area contributed by atoms with Gasteiger partial charge in [-0.1, -0.05) is 86.3 Å². The summed E-state index contributed by atoms with van der Waals surface area (Å²) >= 11 is 0. The topological polar surface area (TPSA) is 72.2 Å². The smallest absolute Gasteiger partial charge is 0.303 e. The molecule has 0 unspecified atom stereocenters. The Hall–Kier alpha value is -3.21. The number of benzene rings is 2. The third-order valence-corrected chi connectivity index (χ3v) is 5.14. The Morgan fingerprint density at radius 3 is 2.00 bits per heavy atom. The van der Waals surface area contributed by atoms with Crippen LogP contribution in [0.4, 0.5) is 0 Å². The number of rotatable bonds is 11. The van der Waals surface area contributed by atoms with Crippen LogP contribution in [0.2, 0.25) is 0 Å². The zero-order chi connectivity index (χ0) is 21.2. The molecule has 3 rings (SSSR count). The highest BCUT2D eigenvalue weighted by Gasteiger charge is 2.12. The number of aryl methyl sites for hydroxylation is 1. The lowest BCUT2D eigenvalue weighted by Gasteiger charge is -2.13. The van der Waals surface area contributed by atoms with Gasteiger partial charge in [0.2, 0.25) is 0 Å². The molecule has 0 spiro atoms. The van der Waals surface area contributed by atoms with Crippen molar-refractivity contribution in [2.24, 2.45) is 0 Å². The van der Waals surface area contributed by atoms with Crippen molar-refractivity contribution in [1.29, 1.82) is 0 Å². The molecule has 0 aliphatic carbocycles. The third kappa shape index (κ3) is 6.14. The lowest BCUT2D eigenvalue weighted by molar-refractivity contribution is -0.137. The van der Waals surface area contributed by atoms with Gasteiger partial charge in [0.05, 0.1) is 5.69 Å². The fourth-order valence-electron chi connectivity index (χ4n) is 3.54. The first kappa shape index (κ1) is 21.5. The van der Waals surface area contributed by atoms with E-state index < -0.39 is 5.97 Å². The summed E-state index contributed by atoms with van der Waals surface area (Å²) in [4.78, 5) is 23.2. The molecule has 0 amide bonds. The van der Waals surface area contributed by atoms with Gasteiger partial charge in [0, 0.05) is 30.2 Å². The van der Waals surface area contributed by atoms with E-state index in [0.29, 0.717) is 6.54 Å². The molecule has 2 aromatic carbocycles. The summed E-state index contributed by atoms with van der Waals surface area (Å²) in [6.45, 7) is 0.586. The van der Waals surface area contributed by atoms with Crippen LogP contribution in [0.15, 0.2) is 71.5 Å². The Balaban J connectivity index is 1.69. The SMILES string of the molecule is O=C(O)CCCCCCCCn1nc(-c2ccccc2)c(-c2ccccc2)cc1=O. The quantitative estimate of drug-likeness (QED) is 0.435. The normalized spacial score (nSPS) is 10.8. The van der Waals surface area contributed by atoms with Gasteiger partial charge < -0.3 is 5.11 Å².